The highest BCUT2D eigenvalue weighted by atomic mass is 32.2. The van der Waals surface area contributed by atoms with Gasteiger partial charge < -0.3 is 4.55 Å². The fourth-order valence-corrected chi connectivity index (χ4v) is 0.864. The number of H-pyrrole nitrogens is 1. The summed E-state index contributed by atoms with van der Waals surface area (Å²) in [5.74, 6) is 0. The molecule has 0 spiro atoms. The topological polar surface area (TPSA) is 95.0 Å². The molecule has 1 heterocycles. The zero-order chi connectivity index (χ0) is 8.43. The minimum Gasteiger partial charge on any atom is -0.755 e. The summed E-state index contributed by atoms with van der Waals surface area (Å²) in [6.07, 6.45) is 0.879. The standard InChI is InChI=1S/C4H4N2O4S/c7-3-1-2-6(11(9)10)4(8)5-3/h1-2H,(H,9,10)(H,5,7,8)/p-1. The SMILES string of the molecule is O=c1ccn(S(=O)[O-])c(=O)[nH]1. The van der Waals surface area contributed by atoms with Crippen molar-refractivity contribution in [3.05, 3.63) is 33.1 Å². The van der Waals surface area contributed by atoms with Gasteiger partial charge in [-0.25, -0.2) is 8.77 Å². The molecule has 0 fully saturated rings. The monoisotopic (exact) mass is 175 g/mol. The molecule has 1 aromatic rings. The molecule has 11 heavy (non-hydrogen) atoms. The molecule has 1 N–H and O–H groups in total. The van der Waals surface area contributed by atoms with E-state index in [1.54, 1.807) is 4.98 Å². The molecule has 6 nitrogen and oxygen atoms in total. The summed E-state index contributed by atoms with van der Waals surface area (Å²) in [5.41, 5.74) is -1.59. The van der Waals surface area contributed by atoms with E-state index in [0.717, 1.165) is 12.3 Å². The van der Waals surface area contributed by atoms with Gasteiger partial charge in [0, 0.05) is 12.3 Å². The molecule has 0 aromatic carbocycles. The average Bonchev–Trinajstić information content (AvgIpc) is 1.85. The molecule has 0 saturated carbocycles. The van der Waals surface area contributed by atoms with E-state index < -0.39 is 22.5 Å². The maximum Gasteiger partial charge on any atom is 0.339 e. The van der Waals surface area contributed by atoms with Gasteiger partial charge in [0.05, 0.1) is 11.3 Å². The van der Waals surface area contributed by atoms with Crippen LogP contribution in [0.5, 0.6) is 0 Å². The third-order valence-corrected chi connectivity index (χ3v) is 1.56. The Hall–Kier alpha value is -1.21. The molecule has 60 valence electrons. The van der Waals surface area contributed by atoms with Crippen molar-refractivity contribution in [3.8, 4) is 0 Å². The summed E-state index contributed by atoms with van der Waals surface area (Å²) < 4.78 is 20.7. The predicted molar refractivity (Wildman–Crippen MR) is 35.6 cm³/mol. The van der Waals surface area contributed by atoms with Crippen LogP contribution in [-0.2, 0) is 11.3 Å². The molecule has 0 aliphatic carbocycles. The van der Waals surface area contributed by atoms with E-state index in [1.807, 2.05) is 0 Å². The highest BCUT2D eigenvalue weighted by Crippen LogP contribution is 1.74. The summed E-state index contributed by atoms with van der Waals surface area (Å²) in [6, 6.07) is 0.942. The van der Waals surface area contributed by atoms with E-state index in [4.69, 9.17) is 0 Å². The minimum atomic E-state index is -2.66. The van der Waals surface area contributed by atoms with Gasteiger partial charge in [-0.2, -0.15) is 0 Å². The van der Waals surface area contributed by atoms with Crippen molar-refractivity contribution in [2.45, 2.75) is 0 Å². The first-order valence-corrected chi connectivity index (χ1v) is 3.56. The number of hydrogen-bond donors (Lipinski definition) is 1. The van der Waals surface area contributed by atoms with Gasteiger partial charge in [0.2, 0.25) is 0 Å². The zero-order valence-corrected chi connectivity index (χ0v) is 5.96. The Morgan fingerprint density at radius 1 is 1.55 bits per heavy atom. The van der Waals surface area contributed by atoms with Gasteiger partial charge in [-0.05, 0) is 0 Å². The van der Waals surface area contributed by atoms with Gasteiger partial charge >= 0.3 is 5.69 Å². The van der Waals surface area contributed by atoms with Crippen molar-refractivity contribution in [1.82, 2.24) is 8.96 Å². The second-order valence-corrected chi connectivity index (χ2v) is 2.48. The molecular weight excluding hydrogens is 172 g/mol. The van der Waals surface area contributed by atoms with E-state index >= 15 is 0 Å². The van der Waals surface area contributed by atoms with Crippen molar-refractivity contribution < 1.29 is 8.76 Å². The lowest BCUT2D eigenvalue weighted by Gasteiger charge is -2.04. The lowest BCUT2D eigenvalue weighted by atomic mass is 10.7. The highest BCUT2D eigenvalue weighted by Gasteiger charge is 1.93. The molecule has 0 radical (unpaired) electrons. The Morgan fingerprint density at radius 2 is 2.18 bits per heavy atom. The van der Waals surface area contributed by atoms with Gasteiger partial charge in [-0.1, -0.05) is 0 Å². The van der Waals surface area contributed by atoms with Crippen LogP contribution in [0.25, 0.3) is 0 Å². The summed E-state index contributed by atoms with van der Waals surface area (Å²) >= 11 is -2.66. The van der Waals surface area contributed by atoms with Crippen LogP contribution in [0.2, 0.25) is 0 Å². The summed E-state index contributed by atoms with van der Waals surface area (Å²) in [7, 11) is 0. The Labute approximate surface area is 62.9 Å². The maximum absolute atomic E-state index is 10.6. The lowest BCUT2D eigenvalue weighted by molar-refractivity contribution is 0.524. The maximum atomic E-state index is 10.6. The average molecular weight is 175 g/mol. The molecule has 1 aromatic heterocycles. The van der Waals surface area contributed by atoms with Crippen LogP contribution in [0.3, 0.4) is 0 Å². The summed E-state index contributed by atoms with van der Waals surface area (Å²) in [4.78, 5) is 22.8. The Balaban J connectivity index is 3.43. The van der Waals surface area contributed by atoms with Gasteiger partial charge in [0.15, 0.2) is 0 Å². The quantitative estimate of drug-likeness (QED) is 0.508. The molecule has 1 atom stereocenters. The second kappa shape index (κ2) is 2.81. The molecule has 7 heteroatoms. The lowest BCUT2D eigenvalue weighted by Crippen LogP contribution is -2.30. The largest absolute Gasteiger partial charge is 0.755 e. The summed E-state index contributed by atoms with van der Waals surface area (Å²) in [5, 5.41) is 0. The second-order valence-electron chi connectivity index (χ2n) is 1.65. The molecular formula is C4H3N2O4S-. The fraction of sp³-hybridized carbons (Fsp3) is 0. The predicted octanol–water partition coefficient (Wildman–Crippen LogP) is -1.82. The van der Waals surface area contributed by atoms with E-state index in [2.05, 4.69) is 0 Å². The van der Waals surface area contributed by atoms with Crippen molar-refractivity contribution in [2.24, 2.45) is 0 Å². The van der Waals surface area contributed by atoms with E-state index in [9.17, 15) is 18.4 Å². The Bertz CT molecular complexity index is 392. The van der Waals surface area contributed by atoms with Crippen LogP contribution in [0.1, 0.15) is 0 Å². The van der Waals surface area contributed by atoms with Gasteiger partial charge in [-0.15, -0.1) is 0 Å². The van der Waals surface area contributed by atoms with Crippen LogP contribution in [0.4, 0.5) is 0 Å². The van der Waals surface area contributed by atoms with Crippen LogP contribution >= 0.6 is 0 Å². The molecule has 1 rings (SSSR count). The molecule has 0 bridgehead atoms. The first kappa shape index (κ1) is 7.89. The molecule has 0 saturated heterocycles. The fourth-order valence-electron chi connectivity index (χ4n) is 0.523. The van der Waals surface area contributed by atoms with Crippen LogP contribution in [-0.4, -0.2) is 17.7 Å². The Morgan fingerprint density at radius 3 is 2.64 bits per heavy atom. The molecule has 0 aliphatic heterocycles. The van der Waals surface area contributed by atoms with Gasteiger partial charge in [0.1, 0.15) is 0 Å². The van der Waals surface area contributed by atoms with Crippen LogP contribution in [0, 0.1) is 0 Å². The highest BCUT2D eigenvalue weighted by molar-refractivity contribution is 7.77. The third-order valence-electron chi connectivity index (χ3n) is 0.952. The molecule has 0 aliphatic rings. The minimum absolute atomic E-state index is 0.376. The van der Waals surface area contributed by atoms with Crippen molar-refractivity contribution in [1.29, 1.82) is 0 Å². The molecule has 0 amide bonds. The van der Waals surface area contributed by atoms with E-state index in [0.29, 0.717) is 3.97 Å². The van der Waals surface area contributed by atoms with Crippen molar-refractivity contribution in [3.63, 3.8) is 0 Å². The van der Waals surface area contributed by atoms with Crippen LogP contribution in [0.15, 0.2) is 21.9 Å². The van der Waals surface area contributed by atoms with Gasteiger partial charge in [0.25, 0.3) is 5.56 Å². The van der Waals surface area contributed by atoms with Crippen LogP contribution < -0.4 is 11.2 Å². The molecule has 1 unspecified atom stereocenters. The third kappa shape index (κ3) is 1.63. The van der Waals surface area contributed by atoms with Crippen molar-refractivity contribution >= 4 is 11.3 Å². The summed E-state index contributed by atoms with van der Waals surface area (Å²) in [6.45, 7) is 0. The number of rotatable bonds is 1. The zero-order valence-electron chi connectivity index (χ0n) is 5.14. The number of nitrogens with zero attached hydrogens (tertiary/aromatic N) is 1. The Kier molecular flexibility index (Phi) is 2.01. The first-order chi connectivity index (χ1) is 5.11. The van der Waals surface area contributed by atoms with E-state index in [1.165, 1.54) is 0 Å². The number of aromatic nitrogens is 2. The number of nitrogens with one attached hydrogen (secondary N) is 1. The number of aromatic amines is 1. The normalized spacial score (nSPS) is 12.8. The number of hydrogen-bond acceptors (Lipinski definition) is 4. The smallest absolute Gasteiger partial charge is 0.339 e. The first-order valence-electron chi connectivity index (χ1n) is 2.53. The van der Waals surface area contributed by atoms with E-state index in [-0.39, 0.29) is 0 Å². The van der Waals surface area contributed by atoms with Crippen molar-refractivity contribution in [2.75, 3.05) is 0 Å². The van der Waals surface area contributed by atoms with Gasteiger partial charge in [-0.3, -0.25) is 14.0 Å².